The van der Waals surface area contributed by atoms with E-state index in [1.54, 1.807) is 0 Å². The molecular formula is C18H28N2O. The molecule has 0 saturated carbocycles. The lowest BCUT2D eigenvalue weighted by Crippen LogP contribution is -2.48. The van der Waals surface area contributed by atoms with Gasteiger partial charge in [-0.25, -0.2) is 4.79 Å². The number of piperidine rings is 1. The van der Waals surface area contributed by atoms with Gasteiger partial charge in [0.25, 0.3) is 0 Å². The molecule has 3 nitrogen and oxygen atoms in total. The average Bonchev–Trinajstić information content (AvgIpc) is 2.49. The summed E-state index contributed by atoms with van der Waals surface area (Å²) in [5.41, 5.74) is 3.35. The number of carbonyl (C=O) groups excluding carboxylic acids is 1. The van der Waals surface area contributed by atoms with Gasteiger partial charge in [0.15, 0.2) is 0 Å². The van der Waals surface area contributed by atoms with E-state index in [4.69, 9.17) is 0 Å². The van der Waals surface area contributed by atoms with E-state index in [9.17, 15) is 4.79 Å². The minimum absolute atomic E-state index is 0.0670. The maximum Gasteiger partial charge on any atom is 0.322 e. The van der Waals surface area contributed by atoms with Crippen molar-refractivity contribution in [2.24, 2.45) is 5.92 Å². The maximum absolute atomic E-state index is 12.7. The number of benzene rings is 1. The first-order valence-corrected chi connectivity index (χ1v) is 8.20. The summed E-state index contributed by atoms with van der Waals surface area (Å²) >= 11 is 0. The molecule has 1 atom stereocenters. The molecule has 0 bridgehead atoms. The molecule has 0 unspecified atom stereocenters. The molecule has 1 N–H and O–H groups in total. The molecule has 1 saturated heterocycles. The van der Waals surface area contributed by atoms with E-state index in [-0.39, 0.29) is 6.03 Å². The standard InChI is InChI=1S/C18H28N2O/c1-5-15-10-8-9-14(4)17(15)19-18(21)20-12-7-6-11-16(20)13(2)3/h8-10,13,16H,5-7,11-12H2,1-4H3,(H,19,21)/t16-/m0/s1. The Morgan fingerprint density at radius 2 is 2.14 bits per heavy atom. The van der Waals surface area contributed by atoms with E-state index >= 15 is 0 Å². The van der Waals surface area contributed by atoms with Crippen LogP contribution < -0.4 is 5.32 Å². The lowest BCUT2D eigenvalue weighted by molar-refractivity contribution is 0.138. The highest BCUT2D eigenvalue weighted by Gasteiger charge is 2.29. The van der Waals surface area contributed by atoms with Gasteiger partial charge < -0.3 is 10.2 Å². The Bertz CT molecular complexity index is 496. The second-order valence-corrected chi connectivity index (χ2v) is 6.39. The largest absolute Gasteiger partial charge is 0.322 e. The van der Waals surface area contributed by atoms with E-state index in [0.717, 1.165) is 37.1 Å². The van der Waals surface area contributed by atoms with E-state index in [1.165, 1.54) is 12.0 Å². The summed E-state index contributed by atoms with van der Waals surface area (Å²) < 4.78 is 0. The second kappa shape index (κ2) is 6.97. The van der Waals surface area contributed by atoms with Gasteiger partial charge in [-0.2, -0.15) is 0 Å². The van der Waals surface area contributed by atoms with Crippen LogP contribution in [0.15, 0.2) is 18.2 Å². The van der Waals surface area contributed by atoms with E-state index < -0.39 is 0 Å². The number of hydrogen-bond acceptors (Lipinski definition) is 1. The van der Waals surface area contributed by atoms with Crippen LogP contribution in [0.3, 0.4) is 0 Å². The van der Waals surface area contributed by atoms with Gasteiger partial charge in [0, 0.05) is 18.3 Å². The molecule has 2 amide bonds. The number of nitrogens with zero attached hydrogens (tertiary/aromatic N) is 1. The normalized spacial score (nSPS) is 18.9. The Kier molecular flexibility index (Phi) is 5.27. The number of nitrogens with one attached hydrogen (secondary N) is 1. The average molecular weight is 288 g/mol. The fourth-order valence-corrected chi connectivity index (χ4v) is 3.28. The molecule has 0 aromatic heterocycles. The SMILES string of the molecule is CCc1cccc(C)c1NC(=O)N1CCCC[C@H]1C(C)C. The zero-order valence-corrected chi connectivity index (χ0v) is 13.8. The minimum atomic E-state index is 0.0670. The highest BCUT2D eigenvalue weighted by Crippen LogP contribution is 2.26. The molecule has 1 heterocycles. The van der Waals surface area contributed by atoms with Crippen LogP contribution in [0.1, 0.15) is 51.2 Å². The summed E-state index contributed by atoms with van der Waals surface area (Å²) in [4.78, 5) is 14.8. The van der Waals surface area contributed by atoms with Gasteiger partial charge in [-0.3, -0.25) is 0 Å². The highest BCUT2D eigenvalue weighted by molar-refractivity contribution is 5.91. The van der Waals surface area contributed by atoms with Crippen LogP contribution in [-0.4, -0.2) is 23.5 Å². The van der Waals surface area contributed by atoms with Gasteiger partial charge in [-0.1, -0.05) is 39.0 Å². The molecule has 1 fully saturated rings. The molecule has 0 aliphatic carbocycles. The molecular weight excluding hydrogens is 260 g/mol. The molecule has 1 aromatic carbocycles. The van der Waals surface area contributed by atoms with Gasteiger partial charge >= 0.3 is 6.03 Å². The summed E-state index contributed by atoms with van der Waals surface area (Å²) in [6.45, 7) is 9.48. The van der Waals surface area contributed by atoms with Crippen molar-refractivity contribution in [2.45, 2.75) is 59.4 Å². The molecule has 0 radical (unpaired) electrons. The Balaban J connectivity index is 2.17. The maximum atomic E-state index is 12.7. The summed E-state index contributed by atoms with van der Waals surface area (Å²) in [7, 11) is 0. The van der Waals surface area contributed by atoms with Crippen molar-refractivity contribution in [1.29, 1.82) is 0 Å². The lowest BCUT2D eigenvalue weighted by Gasteiger charge is -2.38. The first-order chi connectivity index (χ1) is 10.0. The number of carbonyl (C=O) groups is 1. The highest BCUT2D eigenvalue weighted by atomic mass is 16.2. The van der Waals surface area contributed by atoms with Crippen LogP contribution in [-0.2, 0) is 6.42 Å². The number of aryl methyl sites for hydroxylation is 2. The summed E-state index contributed by atoms with van der Waals surface area (Å²) in [6, 6.07) is 6.65. The minimum Gasteiger partial charge on any atom is -0.321 e. The molecule has 1 aromatic rings. The van der Waals surface area contributed by atoms with Crippen molar-refractivity contribution >= 4 is 11.7 Å². The van der Waals surface area contributed by atoms with Crippen LogP contribution in [0.25, 0.3) is 0 Å². The Hall–Kier alpha value is -1.51. The van der Waals surface area contributed by atoms with Crippen LogP contribution >= 0.6 is 0 Å². The predicted octanol–water partition coefficient (Wildman–Crippen LogP) is 4.60. The van der Waals surface area contributed by atoms with Gasteiger partial charge in [0.2, 0.25) is 0 Å². The van der Waals surface area contributed by atoms with Crippen molar-refractivity contribution < 1.29 is 4.79 Å². The summed E-state index contributed by atoms with van der Waals surface area (Å²) in [5.74, 6) is 0.513. The summed E-state index contributed by atoms with van der Waals surface area (Å²) in [6.07, 6.45) is 4.41. The number of para-hydroxylation sites is 1. The van der Waals surface area contributed by atoms with Crippen LogP contribution in [0, 0.1) is 12.8 Å². The predicted molar refractivity (Wildman–Crippen MR) is 88.8 cm³/mol. The fraction of sp³-hybridized carbons (Fsp3) is 0.611. The molecule has 3 heteroatoms. The van der Waals surface area contributed by atoms with Crippen molar-refractivity contribution in [1.82, 2.24) is 4.90 Å². The third-order valence-corrected chi connectivity index (χ3v) is 4.55. The smallest absolute Gasteiger partial charge is 0.321 e. The fourth-order valence-electron chi connectivity index (χ4n) is 3.28. The van der Waals surface area contributed by atoms with Crippen molar-refractivity contribution in [3.05, 3.63) is 29.3 Å². The lowest BCUT2D eigenvalue weighted by atomic mass is 9.93. The van der Waals surface area contributed by atoms with Crippen molar-refractivity contribution in [3.8, 4) is 0 Å². The number of amides is 2. The van der Waals surface area contributed by atoms with E-state index in [2.05, 4.69) is 51.2 Å². The number of rotatable bonds is 3. The second-order valence-electron chi connectivity index (χ2n) is 6.39. The number of urea groups is 1. The van der Waals surface area contributed by atoms with Gasteiger partial charge in [-0.15, -0.1) is 0 Å². The summed E-state index contributed by atoms with van der Waals surface area (Å²) in [5, 5.41) is 3.17. The first kappa shape index (κ1) is 15.9. The topological polar surface area (TPSA) is 32.3 Å². The molecule has 116 valence electrons. The Morgan fingerprint density at radius 3 is 2.81 bits per heavy atom. The van der Waals surface area contributed by atoms with Crippen molar-refractivity contribution in [3.63, 3.8) is 0 Å². The first-order valence-electron chi connectivity index (χ1n) is 8.20. The number of likely N-dealkylation sites (tertiary alicyclic amines) is 1. The van der Waals surface area contributed by atoms with E-state index in [1.807, 2.05) is 4.90 Å². The molecule has 0 spiro atoms. The zero-order valence-electron chi connectivity index (χ0n) is 13.8. The molecule has 2 rings (SSSR count). The number of hydrogen-bond donors (Lipinski definition) is 1. The molecule has 1 aliphatic heterocycles. The Morgan fingerprint density at radius 1 is 1.38 bits per heavy atom. The molecule has 21 heavy (non-hydrogen) atoms. The zero-order chi connectivity index (χ0) is 15.4. The molecule has 1 aliphatic rings. The van der Waals surface area contributed by atoms with Gasteiger partial charge in [0.1, 0.15) is 0 Å². The third kappa shape index (κ3) is 3.58. The van der Waals surface area contributed by atoms with Gasteiger partial charge in [0.05, 0.1) is 0 Å². The Labute approximate surface area is 128 Å². The quantitative estimate of drug-likeness (QED) is 0.866. The van der Waals surface area contributed by atoms with Gasteiger partial charge in [-0.05, 0) is 49.7 Å². The van der Waals surface area contributed by atoms with Crippen LogP contribution in [0.5, 0.6) is 0 Å². The van der Waals surface area contributed by atoms with Crippen molar-refractivity contribution in [2.75, 3.05) is 11.9 Å². The van der Waals surface area contributed by atoms with Crippen LogP contribution in [0.2, 0.25) is 0 Å². The monoisotopic (exact) mass is 288 g/mol. The third-order valence-electron chi connectivity index (χ3n) is 4.55. The number of anilines is 1. The van der Waals surface area contributed by atoms with Crippen LogP contribution in [0.4, 0.5) is 10.5 Å². The van der Waals surface area contributed by atoms with E-state index in [0.29, 0.717) is 12.0 Å².